The van der Waals surface area contributed by atoms with E-state index in [1.54, 1.807) is 12.1 Å². The van der Waals surface area contributed by atoms with Crippen LogP contribution in [0.15, 0.2) is 18.2 Å². The second-order valence-electron chi connectivity index (χ2n) is 6.26. The van der Waals surface area contributed by atoms with Crippen LogP contribution in [0, 0.1) is 28.9 Å². The zero-order valence-electron chi connectivity index (χ0n) is 12.6. The Morgan fingerprint density at radius 2 is 1.95 bits per heavy atom. The van der Waals surface area contributed by atoms with E-state index in [4.69, 9.17) is 0 Å². The van der Waals surface area contributed by atoms with Crippen molar-refractivity contribution in [3.63, 3.8) is 0 Å². The summed E-state index contributed by atoms with van der Waals surface area (Å²) >= 11 is 0. The van der Waals surface area contributed by atoms with E-state index in [2.05, 4.69) is 19.2 Å². The van der Waals surface area contributed by atoms with Crippen molar-refractivity contribution in [1.82, 2.24) is 0 Å². The third kappa shape index (κ3) is 3.50. The number of nitrogens with zero attached hydrogens (tertiary/aromatic N) is 1. The first-order valence-corrected chi connectivity index (χ1v) is 7.50. The van der Waals surface area contributed by atoms with Crippen LogP contribution in [0.4, 0.5) is 11.4 Å². The van der Waals surface area contributed by atoms with Crippen molar-refractivity contribution in [1.29, 1.82) is 0 Å². The standard InChI is InChI=1S/C16H24N2O2/c1-11(2)15-6-4-5-7-16(15)17-13-8-12(3)9-14(10-13)18(19)20/h8-11,15-17H,4-7H2,1-3H3. The van der Waals surface area contributed by atoms with Crippen LogP contribution in [-0.2, 0) is 0 Å². The van der Waals surface area contributed by atoms with Crippen LogP contribution in [-0.4, -0.2) is 11.0 Å². The normalized spacial score (nSPS) is 22.8. The van der Waals surface area contributed by atoms with Crippen molar-refractivity contribution >= 4 is 11.4 Å². The molecule has 110 valence electrons. The summed E-state index contributed by atoms with van der Waals surface area (Å²) < 4.78 is 0. The molecular formula is C16H24N2O2. The molecule has 0 bridgehead atoms. The smallest absolute Gasteiger partial charge is 0.271 e. The summed E-state index contributed by atoms with van der Waals surface area (Å²) in [5.41, 5.74) is 1.98. The van der Waals surface area contributed by atoms with Gasteiger partial charge in [-0.1, -0.05) is 26.7 Å². The molecular weight excluding hydrogens is 252 g/mol. The van der Waals surface area contributed by atoms with Gasteiger partial charge in [0.1, 0.15) is 0 Å². The molecule has 1 aromatic carbocycles. The van der Waals surface area contributed by atoms with E-state index in [0.29, 0.717) is 17.9 Å². The lowest BCUT2D eigenvalue weighted by atomic mass is 9.78. The second kappa shape index (κ2) is 6.25. The number of benzene rings is 1. The van der Waals surface area contributed by atoms with Gasteiger partial charge in [-0.25, -0.2) is 0 Å². The third-order valence-corrected chi connectivity index (χ3v) is 4.30. The largest absolute Gasteiger partial charge is 0.382 e. The Balaban J connectivity index is 2.17. The number of hydrogen-bond acceptors (Lipinski definition) is 3. The molecule has 4 heteroatoms. The first kappa shape index (κ1) is 14.8. The molecule has 1 saturated carbocycles. The Bertz CT molecular complexity index is 485. The van der Waals surface area contributed by atoms with Gasteiger partial charge in [-0.15, -0.1) is 0 Å². The van der Waals surface area contributed by atoms with Gasteiger partial charge in [-0.05, 0) is 43.2 Å². The van der Waals surface area contributed by atoms with E-state index < -0.39 is 0 Å². The zero-order chi connectivity index (χ0) is 14.7. The Kier molecular flexibility index (Phi) is 4.63. The summed E-state index contributed by atoms with van der Waals surface area (Å²) in [5.74, 6) is 1.30. The lowest BCUT2D eigenvalue weighted by Crippen LogP contribution is -2.35. The fourth-order valence-corrected chi connectivity index (χ4v) is 3.30. The monoisotopic (exact) mass is 276 g/mol. The van der Waals surface area contributed by atoms with Crippen LogP contribution in [0.5, 0.6) is 0 Å². The molecule has 0 spiro atoms. The maximum Gasteiger partial charge on any atom is 0.271 e. The number of nitro groups is 1. The van der Waals surface area contributed by atoms with E-state index in [0.717, 1.165) is 17.7 Å². The molecule has 2 unspecified atom stereocenters. The molecule has 0 aromatic heterocycles. The quantitative estimate of drug-likeness (QED) is 0.649. The van der Waals surface area contributed by atoms with Gasteiger partial charge in [0, 0.05) is 23.9 Å². The van der Waals surface area contributed by atoms with Crippen molar-refractivity contribution in [3.05, 3.63) is 33.9 Å². The molecule has 1 fully saturated rings. The van der Waals surface area contributed by atoms with E-state index in [9.17, 15) is 10.1 Å². The predicted molar refractivity (Wildman–Crippen MR) is 82.0 cm³/mol. The van der Waals surface area contributed by atoms with Crippen molar-refractivity contribution < 1.29 is 4.92 Å². The zero-order valence-corrected chi connectivity index (χ0v) is 12.6. The topological polar surface area (TPSA) is 55.2 Å². The summed E-state index contributed by atoms with van der Waals surface area (Å²) in [6.07, 6.45) is 4.96. The number of nitro benzene ring substituents is 1. The van der Waals surface area contributed by atoms with Crippen LogP contribution >= 0.6 is 0 Å². The van der Waals surface area contributed by atoms with Crippen molar-refractivity contribution in [2.24, 2.45) is 11.8 Å². The maximum absolute atomic E-state index is 10.9. The molecule has 2 rings (SSSR count). The second-order valence-corrected chi connectivity index (χ2v) is 6.26. The van der Waals surface area contributed by atoms with E-state index in [-0.39, 0.29) is 10.6 Å². The minimum Gasteiger partial charge on any atom is -0.382 e. The van der Waals surface area contributed by atoms with E-state index >= 15 is 0 Å². The number of hydrogen-bond donors (Lipinski definition) is 1. The number of anilines is 1. The average Bonchev–Trinajstić information content (AvgIpc) is 2.38. The van der Waals surface area contributed by atoms with Gasteiger partial charge in [-0.2, -0.15) is 0 Å². The molecule has 1 aliphatic carbocycles. The SMILES string of the molecule is Cc1cc(NC2CCCCC2C(C)C)cc([N+](=O)[O-])c1. The van der Waals surface area contributed by atoms with Crippen molar-refractivity contribution in [3.8, 4) is 0 Å². The van der Waals surface area contributed by atoms with Crippen LogP contribution in [0.3, 0.4) is 0 Å². The minimum atomic E-state index is -0.320. The molecule has 0 heterocycles. The summed E-state index contributed by atoms with van der Waals surface area (Å²) in [5, 5.41) is 14.5. The highest BCUT2D eigenvalue weighted by molar-refractivity contribution is 5.54. The molecule has 1 N–H and O–H groups in total. The summed E-state index contributed by atoms with van der Waals surface area (Å²) in [7, 11) is 0. The van der Waals surface area contributed by atoms with E-state index in [1.807, 2.05) is 13.0 Å². The van der Waals surface area contributed by atoms with Crippen molar-refractivity contribution in [2.45, 2.75) is 52.5 Å². The molecule has 4 nitrogen and oxygen atoms in total. The Morgan fingerprint density at radius 1 is 1.25 bits per heavy atom. The van der Waals surface area contributed by atoms with E-state index in [1.165, 1.54) is 19.3 Å². The fourth-order valence-electron chi connectivity index (χ4n) is 3.30. The van der Waals surface area contributed by atoms with Gasteiger partial charge >= 0.3 is 0 Å². The van der Waals surface area contributed by atoms with Gasteiger partial charge in [0.15, 0.2) is 0 Å². The molecule has 0 saturated heterocycles. The lowest BCUT2D eigenvalue weighted by molar-refractivity contribution is -0.384. The van der Waals surface area contributed by atoms with Gasteiger partial charge in [0.2, 0.25) is 0 Å². The molecule has 2 atom stereocenters. The number of rotatable bonds is 4. The van der Waals surface area contributed by atoms with Crippen LogP contribution in [0.1, 0.15) is 45.1 Å². The number of non-ortho nitro benzene ring substituents is 1. The summed E-state index contributed by atoms with van der Waals surface area (Å²) in [6, 6.07) is 5.70. The first-order valence-electron chi connectivity index (χ1n) is 7.50. The van der Waals surface area contributed by atoms with Crippen molar-refractivity contribution in [2.75, 3.05) is 5.32 Å². The maximum atomic E-state index is 10.9. The Hall–Kier alpha value is -1.58. The summed E-state index contributed by atoms with van der Waals surface area (Å²) in [4.78, 5) is 10.6. The van der Waals surface area contributed by atoms with Gasteiger partial charge in [0.05, 0.1) is 4.92 Å². The molecule has 0 amide bonds. The highest BCUT2D eigenvalue weighted by Crippen LogP contribution is 2.33. The molecule has 0 aliphatic heterocycles. The highest BCUT2D eigenvalue weighted by atomic mass is 16.6. The highest BCUT2D eigenvalue weighted by Gasteiger charge is 2.27. The van der Waals surface area contributed by atoms with Crippen LogP contribution in [0.25, 0.3) is 0 Å². The van der Waals surface area contributed by atoms with Gasteiger partial charge < -0.3 is 5.32 Å². The Labute approximate surface area is 120 Å². The Morgan fingerprint density at radius 3 is 2.60 bits per heavy atom. The minimum absolute atomic E-state index is 0.171. The molecule has 1 aromatic rings. The van der Waals surface area contributed by atoms with Gasteiger partial charge in [-0.3, -0.25) is 10.1 Å². The van der Waals surface area contributed by atoms with Gasteiger partial charge in [0.25, 0.3) is 5.69 Å². The number of nitrogens with one attached hydrogen (secondary N) is 1. The van der Waals surface area contributed by atoms with Crippen LogP contribution < -0.4 is 5.32 Å². The average molecular weight is 276 g/mol. The molecule has 0 radical (unpaired) electrons. The van der Waals surface area contributed by atoms with Crippen LogP contribution in [0.2, 0.25) is 0 Å². The number of aryl methyl sites for hydroxylation is 1. The third-order valence-electron chi connectivity index (χ3n) is 4.30. The molecule has 20 heavy (non-hydrogen) atoms. The molecule has 1 aliphatic rings. The fraction of sp³-hybridized carbons (Fsp3) is 0.625. The summed E-state index contributed by atoms with van der Waals surface area (Å²) in [6.45, 7) is 6.44. The lowest BCUT2D eigenvalue weighted by Gasteiger charge is -2.35. The predicted octanol–water partition coefficient (Wildman–Crippen LogP) is 4.53. The first-order chi connectivity index (χ1) is 9.47.